The lowest BCUT2D eigenvalue weighted by atomic mass is 9.97. The quantitative estimate of drug-likeness (QED) is 0.0915. The van der Waals surface area contributed by atoms with Crippen LogP contribution in [-0.2, 0) is 18.9 Å². The number of nitrogens with zero attached hydrogens (tertiary/aromatic N) is 2. The molecule has 2 fully saturated rings. The molecule has 45 heavy (non-hydrogen) atoms. The summed E-state index contributed by atoms with van der Waals surface area (Å²) in [4.78, 5) is 23.4. The molecule has 2 aromatic carbocycles. The van der Waals surface area contributed by atoms with Crippen molar-refractivity contribution in [3.63, 3.8) is 0 Å². The van der Waals surface area contributed by atoms with Gasteiger partial charge in [0, 0.05) is 12.1 Å². The van der Waals surface area contributed by atoms with Crippen molar-refractivity contribution in [3.05, 3.63) is 59.7 Å². The lowest BCUT2D eigenvalue weighted by molar-refractivity contribution is -0.359. The van der Waals surface area contributed by atoms with Crippen LogP contribution in [0.4, 0.5) is 11.4 Å². The highest BCUT2D eigenvalue weighted by atomic mass is 16.7. The number of ether oxygens (including phenoxy) is 4. The van der Waals surface area contributed by atoms with Crippen molar-refractivity contribution in [1.82, 2.24) is 5.32 Å². The van der Waals surface area contributed by atoms with Gasteiger partial charge in [0.15, 0.2) is 12.6 Å². The van der Waals surface area contributed by atoms with Gasteiger partial charge < -0.3 is 65.1 Å². The number of carboxylic acid groups (broad SMARTS) is 1. The lowest BCUT2D eigenvalue weighted by Gasteiger charge is -2.45. The summed E-state index contributed by atoms with van der Waals surface area (Å²) in [5, 5.41) is 90.1. The topological polar surface area (TPSA) is 270 Å². The predicted molar refractivity (Wildman–Crippen MR) is 149 cm³/mol. The first-order chi connectivity index (χ1) is 21.5. The molecule has 2 aromatic rings. The van der Waals surface area contributed by atoms with Crippen molar-refractivity contribution in [1.29, 1.82) is 0 Å². The zero-order valence-electron chi connectivity index (χ0n) is 23.6. The molecule has 4 rings (SSSR count). The van der Waals surface area contributed by atoms with Crippen LogP contribution >= 0.6 is 0 Å². The van der Waals surface area contributed by atoms with Gasteiger partial charge in [-0.15, -0.1) is 0 Å². The Balaban J connectivity index is 1.24. The molecule has 0 unspecified atom stereocenters. The van der Waals surface area contributed by atoms with Crippen LogP contribution in [0.3, 0.4) is 0 Å². The largest absolute Gasteiger partial charge is 0.478 e. The first kappa shape index (κ1) is 34.4. The van der Waals surface area contributed by atoms with E-state index in [1.54, 1.807) is 12.1 Å². The summed E-state index contributed by atoms with van der Waals surface area (Å²) in [6.07, 6.45) is -15.7. The van der Waals surface area contributed by atoms with Gasteiger partial charge in [-0.25, -0.2) is 4.79 Å². The van der Waals surface area contributed by atoms with Crippen molar-refractivity contribution >= 4 is 23.3 Å². The van der Waals surface area contributed by atoms with Crippen LogP contribution in [0.25, 0.3) is 0 Å². The Morgan fingerprint density at radius 3 is 1.80 bits per heavy atom. The van der Waals surface area contributed by atoms with Crippen LogP contribution in [-0.4, -0.2) is 141 Å². The Bertz CT molecular complexity index is 1290. The smallest absolute Gasteiger partial charge is 0.335 e. The van der Waals surface area contributed by atoms with E-state index in [1.165, 1.54) is 36.4 Å². The molecule has 0 saturated carbocycles. The predicted octanol–water partition coefficient (Wildman–Crippen LogP) is -1.83. The Morgan fingerprint density at radius 1 is 0.711 bits per heavy atom. The van der Waals surface area contributed by atoms with Gasteiger partial charge >= 0.3 is 5.97 Å². The highest BCUT2D eigenvalue weighted by Crippen LogP contribution is 2.29. The molecule has 2 heterocycles. The molecule has 0 aliphatic carbocycles. The van der Waals surface area contributed by atoms with Crippen molar-refractivity contribution < 1.29 is 69.4 Å². The van der Waals surface area contributed by atoms with E-state index < -0.39 is 86.5 Å². The Labute approximate surface area is 255 Å². The fourth-order valence-corrected chi connectivity index (χ4v) is 4.60. The molecule has 17 nitrogen and oxygen atoms in total. The summed E-state index contributed by atoms with van der Waals surface area (Å²) in [5.74, 6) is -1.50. The molecule has 2 aliphatic rings. The molecule has 0 spiro atoms. The minimum atomic E-state index is -1.78. The number of carboxylic acids is 1. The second-order valence-electron chi connectivity index (χ2n) is 10.2. The van der Waals surface area contributed by atoms with E-state index in [0.717, 1.165) is 0 Å². The van der Waals surface area contributed by atoms with Crippen molar-refractivity contribution in [2.75, 3.05) is 26.4 Å². The van der Waals surface area contributed by atoms with Gasteiger partial charge in [-0.05, 0) is 48.5 Å². The molecule has 2 saturated heterocycles. The maximum absolute atomic E-state index is 12.5. The molecule has 0 aromatic heterocycles. The number of benzene rings is 2. The number of carbonyl (C=O) groups excluding carboxylic acids is 1. The monoisotopic (exact) mass is 637 g/mol. The van der Waals surface area contributed by atoms with Crippen molar-refractivity contribution in [3.8, 4) is 0 Å². The summed E-state index contributed by atoms with van der Waals surface area (Å²) < 4.78 is 21.7. The van der Waals surface area contributed by atoms with Crippen molar-refractivity contribution in [2.45, 2.75) is 61.4 Å². The third-order valence-electron chi connectivity index (χ3n) is 7.15. The number of aromatic carboxylic acids is 1. The summed E-state index contributed by atoms with van der Waals surface area (Å²) in [7, 11) is 0. The Hall–Kier alpha value is -3.46. The number of nitrogens with one attached hydrogen (secondary N) is 1. The minimum Gasteiger partial charge on any atom is -0.478 e. The number of rotatable bonds is 12. The van der Waals surface area contributed by atoms with Crippen LogP contribution in [0.5, 0.6) is 0 Å². The maximum atomic E-state index is 12.5. The van der Waals surface area contributed by atoms with Crippen LogP contribution in [0.15, 0.2) is 58.8 Å². The summed E-state index contributed by atoms with van der Waals surface area (Å²) in [6.45, 7) is -1.61. The number of hydrogen-bond donors (Lipinski definition) is 9. The molecule has 0 radical (unpaired) electrons. The zero-order valence-corrected chi connectivity index (χ0v) is 23.6. The zero-order chi connectivity index (χ0) is 32.7. The van der Waals surface area contributed by atoms with Gasteiger partial charge in [0.2, 0.25) is 0 Å². The van der Waals surface area contributed by atoms with E-state index in [4.69, 9.17) is 24.1 Å². The molecule has 1 amide bonds. The highest BCUT2D eigenvalue weighted by Gasteiger charge is 2.50. The first-order valence-corrected chi connectivity index (χ1v) is 13.9. The number of aliphatic hydroxyl groups is 7. The first-order valence-electron chi connectivity index (χ1n) is 13.9. The SMILES string of the molecule is O=C(O)c1ccc(N=Nc2ccc(C(=O)NCCO[C@@H]3O[C@H](CO)[C@@H](O[C@@H]4O[C@H](CO)[C@H](O)[C@H](O)[C@H]4O)[C@H](O)[C@H]3O)cc2)cc1. The van der Waals surface area contributed by atoms with Gasteiger partial charge in [-0.3, -0.25) is 4.79 Å². The number of aliphatic hydroxyl groups excluding tert-OH is 7. The van der Waals surface area contributed by atoms with E-state index in [-0.39, 0.29) is 18.7 Å². The third-order valence-corrected chi connectivity index (χ3v) is 7.15. The lowest BCUT2D eigenvalue weighted by Crippen LogP contribution is -2.64. The number of amides is 1. The van der Waals surface area contributed by atoms with Crippen LogP contribution in [0.2, 0.25) is 0 Å². The van der Waals surface area contributed by atoms with Gasteiger partial charge in [-0.2, -0.15) is 10.2 Å². The number of azo groups is 1. The number of hydrogen-bond acceptors (Lipinski definition) is 15. The van der Waals surface area contributed by atoms with Gasteiger partial charge in [0.25, 0.3) is 5.91 Å². The van der Waals surface area contributed by atoms with Crippen LogP contribution in [0.1, 0.15) is 20.7 Å². The number of carbonyl (C=O) groups is 2. The van der Waals surface area contributed by atoms with E-state index >= 15 is 0 Å². The Morgan fingerprint density at radius 2 is 1.24 bits per heavy atom. The fraction of sp³-hybridized carbons (Fsp3) is 0.500. The maximum Gasteiger partial charge on any atom is 0.335 e. The van der Waals surface area contributed by atoms with E-state index in [0.29, 0.717) is 16.9 Å². The van der Waals surface area contributed by atoms with E-state index in [9.17, 15) is 45.3 Å². The summed E-state index contributed by atoms with van der Waals surface area (Å²) in [5.41, 5.74) is 1.32. The summed E-state index contributed by atoms with van der Waals surface area (Å²) >= 11 is 0. The minimum absolute atomic E-state index is 0.0239. The van der Waals surface area contributed by atoms with Gasteiger partial charge in [0.05, 0.1) is 36.8 Å². The fourth-order valence-electron chi connectivity index (χ4n) is 4.60. The molecule has 17 heteroatoms. The van der Waals surface area contributed by atoms with E-state index in [2.05, 4.69) is 15.5 Å². The van der Waals surface area contributed by atoms with Gasteiger partial charge in [-0.1, -0.05) is 0 Å². The Kier molecular flexibility index (Phi) is 12.0. The average Bonchev–Trinajstić information content (AvgIpc) is 3.05. The molecule has 0 bridgehead atoms. The highest BCUT2D eigenvalue weighted by molar-refractivity contribution is 5.94. The van der Waals surface area contributed by atoms with Crippen molar-refractivity contribution in [2.24, 2.45) is 10.2 Å². The average molecular weight is 638 g/mol. The molecular formula is C28H35N3O14. The summed E-state index contributed by atoms with van der Waals surface area (Å²) in [6, 6.07) is 12.0. The molecular weight excluding hydrogens is 602 g/mol. The third kappa shape index (κ3) is 8.43. The molecule has 2 aliphatic heterocycles. The second-order valence-corrected chi connectivity index (χ2v) is 10.2. The van der Waals surface area contributed by atoms with Gasteiger partial charge in [0.1, 0.15) is 48.8 Å². The molecule has 9 N–H and O–H groups in total. The normalized spacial score (nSPS) is 32.0. The second kappa shape index (κ2) is 15.7. The van der Waals surface area contributed by atoms with E-state index in [1.807, 2.05) is 0 Å². The van der Waals surface area contributed by atoms with Crippen LogP contribution < -0.4 is 5.32 Å². The standard InChI is InChI=1S/C28H35N3O14/c32-11-17-19(34)20(35)22(37)28(43-17)45-24-18(12-33)44-27(23(38)21(24)36)42-10-9-29-25(39)13-1-5-15(6-2-13)30-31-16-7-3-14(4-8-16)26(40)41/h1-8,17-24,27-28,32-38H,9-12H2,(H,29,39)(H,40,41)/t17-,18-,19+,20+,21-,22-,23-,24-,27-,28+/m1/s1. The molecule has 10 atom stereocenters. The molecule has 246 valence electrons. The van der Waals surface area contributed by atoms with Crippen LogP contribution in [0, 0.1) is 0 Å².